The molecule has 1 heterocycles. The summed E-state index contributed by atoms with van der Waals surface area (Å²) in [5, 5.41) is 15.1. The van der Waals surface area contributed by atoms with Crippen LogP contribution in [0.3, 0.4) is 0 Å². The minimum atomic E-state index is -0.601. The number of ether oxygens (including phenoxy) is 1. The molecule has 8 nitrogen and oxygen atoms in total. The van der Waals surface area contributed by atoms with Crippen LogP contribution in [0.15, 0.2) is 95.8 Å². The van der Waals surface area contributed by atoms with Crippen molar-refractivity contribution in [3.05, 3.63) is 117 Å². The molecule has 0 aliphatic rings. The van der Waals surface area contributed by atoms with Gasteiger partial charge in [0.1, 0.15) is 23.9 Å². The van der Waals surface area contributed by atoms with Crippen LogP contribution in [0.2, 0.25) is 0 Å². The number of benzene rings is 4. The summed E-state index contributed by atoms with van der Waals surface area (Å²) in [6.07, 6.45) is 0. The summed E-state index contributed by atoms with van der Waals surface area (Å²) in [7, 11) is 0. The minimum absolute atomic E-state index is 0.102. The number of amides is 1. The molecule has 0 saturated carbocycles. The van der Waals surface area contributed by atoms with Crippen molar-refractivity contribution in [1.82, 2.24) is 4.57 Å². The second-order valence-corrected chi connectivity index (χ2v) is 8.03. The van der Waals surface area contributed by atoms with Gasteiger partial charge < -0.3 is 14.6 Å². The summed E-state index contributed by atoms with van der Waals surface area (Å²) >= 11 is 0. The molecule has 1 aromatic heterocycles. The summed E-state index contributed by atoms with van der Waals surface area (Å²) in [5.74, 6) is -0.523. The molecule has 0 saturated heterocycles. The summed E-state index contributed by atoms with van der Waals surface area (Å²) in [6, 6.07) is 23.1. The standard InChI is InChI=1S/C27H18FN3O5/c28-17-9-11-20(12-10-17)36-21-14-18(13-19(15-21)31(34)35)29-26(32)16-30-24-7-3-1-5-22(24)27(33)23-6-2-4-8-25(23)30/h1-15H,16H2,(H,29,32). The number of nitrogens with one attached hydrogen (secondary N) is 1. The van der Waals surface area contributed by atoms with Gasteiger partial charge in [0, 0.05) is 22.9 Å². The average molecular weight is 483 g/mol. The number of pyridine rings is 1. The number of rotatable bonds is 6. The van der Waals surface area contributed by atoms with Gasteiger partial charge in [-0.1, -0.05) is 24.3 Å². The largest absolute Gasteiger partial charge is 0.457 e. The number of non-ortho nitro benzene ring substituents is 1. The van der Waals surface area contributed by atoms with E-state index in [2.05, 4.69) is 5.32 Å². The predicted octanol–water partition coefficient (Wildman–Crippen LogP) is 5.63. The third-order valence-electron chi connectivity index (χ3n) is 5.62. The first kappa shape index (κ1) is 22.7. The van der Waals surface area contributed by atoms with Crippen LogP contribution in [0.25, 0.3) is 21.8 Å². The number of nitrogens with zero attached hydrogens (tertiary/aromatic N) is 2. The fourth-order valence-electron chi connectivity index (χ4n) is 4.05. The zero-order chi connectivity index (χ0) is 25.2. The first-order valence-electron chi connectivity index (χ1n) is 10.9. The number of fused-ring (bicyclic) bond motifs is 2. The van der Waals surface area contributed by atoms with E-state index in [1.54, 1.807) is 53.1 Å². The molecule has 0 atom stereocenters. The maximum Gasteiger partial charge on any atom is 0.275 e. The Hall–Kier alpha value is -5.05. The van der Waals surface area contributed by atoms with Crippen LogP contribution < -0.4 is 15.5 Å². The smallest absolute Gasteiger partial charge is 0.275 e. The van der Waals surface area contributed by atoms with Gasteiger partial charge in [-0.2, -0.15) is 0 Å². The maximum atomic E-state index is 13.2. The third-order valence-corrected chi connectivity index (χ3v) is 5.62. The Balaban J connectivity index is 1.48. The number of carbonyl (C=O) groups excluding carboxylic acids is 1. The fraction of sp³-hybridized carbons (Fsp3) is 0.0370. The van der Waals surface area contributed by atoms with Crippen molar-refractivity contribution in [1.29, 1.82) is 0 Å². The highest BCUT2D eigenvalue weighted by atomic mass is 19.1. The van der Waals surface area contributed by atoms with Crippen molar-refractivity contribution in [2.75, 3.05) is 5.32 Å². The van der Waals surface area contributed by atoms with Crippen molar-refractivity contribution < 1.29 is 18.8 Å². The normalized spacial score (nSPS) is 10.9. The number of aromatic nitrogens is 1. The Morgan fingerprint density at radius 2 is 1.50 bits per heavy atom. The fourth-order valence-corrected chi connectivity index (χ4v) is 4.05. The predicted molar refractivity (Wildman–Crippen MR) is 134 cm³/mol. The summed E-state index contributed by atoms with van der Waals surface area (Å²) in [6.45, 7) is -0.141. The second kappa shape index (κ2) is 9.30. The lowest BCUT2D eigenvalue weighted by atomic mass is 10.1. The number of halogens is 1. The van der Waals surface area contributed by atoms with Crippen LogP contribution in [-0.4, -0.2) is 15.4 Å². The average Bonchev–Trinajstić information content (AvgIpc) is 2.88. The first-order chi connectivity index (χ1) is 17.4. The molecule has 178 valence electrons. The molecule has 5 rings (SSSR count). The SMILES string of the molecule is O=C(Cn1c2ccccc2c(=O)c2ccccc21)Nc1cc(Oc2ccc(F)cc2)cc([N+](=O)[O-])c1. The lowest BCUT2D eigenvalue weighted by Crippen LogP contribution is -2.21. The van der Waals surface area contributed by atoms with Crippen LogP contribution in [0.4, 0.5) is 15.8 Å². The van der Waals surface area contributed by atoms with Crippen LogP contribution in [0.5, 0.6) is 11.5 Å². The minimum Gasteiger partial charge on any atom is -0.457 e. The number of para-hydroxylation sites is 2. The van der Waals surface area contributed by atoms with E-state index in [1.807, 2.05) is 0 Å². The molecule has 0 fully saturated rings. The number of hydrogen-bond acceptors (Lipinski definition) is 5. The number of anilines is 1. The maximum absolute atomic E-state index is 13.2. The monoisotopic (exact) mass is 483 g/mol. The first-order valence-corrected chi connectivity index (χ1v) is 10.9. The van der Waals surface area contributed by atoms with Gasteiger partial charge in [0.25, 0.3) is 5.69 Å². The quantitative estimate of drug-likeness (QED) is 0.191. The number of nitro benzene ring substituents is 1. The molecule has 0 bridgehead atoms. The van der Waals surface area contributed by atoms with Gasteiger partial charge in [0.2, 0.25) is 5.91 Å². The van der Waals surface area contributed by atoms with E-state index in [0.29, 0.717) is 21.8 Å². The molecular formula is C27H18FN3O5. The van der Waals surface area contributed by atoms with E-state index in [0.717, 1.165) is 0 Å². The lowest BCUT2D eigenvalue weighted by molar-refractivity contribution is -0.384. The van der Waals surface area contributed by atoms with E-state index >= 15 is 0 Å². The van der Waals surface area contributed by atoms with Gasteiger partial charge in [-0.05, 0) is 48.5 Å². The Morgan fingerprint density at radius 3 is 2.11 bits per heavy atom. The van der Waals surface area contributed by atoms with Crippen LogP contribution in [-0.2, 0) is 11.3 Å². The van der Waals surface area contributed by atoms with Crippen molar-refractivity contribution in [3.63, 3.8) is 0 Å². The van der Waals surface area contributed by atoms with E-state index in [-0.39, 0.29) is 34.8 Å². The lowest BCUT2D eigenvalue weighted by Gasteiger charge is -2.15. The summed E-state index contributed by atoms with van der Waals surface area (Å²) in [4.78, 5) is 36.8. The van der Waals surface area contributed by atoms with Gasteiger partial charge in [0.05, 0.1) is 27.7 Å². The van der Waals surface area contributed by atoms with Gasteiger partial charge in [-0.15, -0.1) is 0 Å². The van der Waals surface area contributed by atoms with Crippen LogP contribution >= 0.6 is 0 Å². The molecule has 5 aromatic rings. The molecular weight excluding hydrogens is 465 g/mol. The Labute approximate surface area is 203 Å². The molecule has 0 unspecified atom stereocenters. The molecule has 0 spiro atoms. The topological polar surface area (TPSA) is 103 Å². The van der Waals surface area contributed by atoms with Gasteiger partial charge >= 0.3 is 0 Å². The number of nitro groups is 1. The van der Waals surface area contributed by atoms with Gasteiger partial charge in [0.15, 0.2) is 5.43 Å². The van der Waals surface area contributed by atoms with Crippen molar-refractivity contribution in [2.24, 2.45) is 0 Å². The van der Waals surface area contributed by atoms with Crippen molar-refractivity contribution in [2.45, 2.75) is 6.54 Å². The number of hydrogen-bond donors (Lipinski definition) is 1. The number of carbonyl (C=O) groups is 1. The molecule has 0 radical (unpaired) electrons. The zero-order valence-electron chi connectivity index (χ0n) is 18.7. The van der Waals surface area contributed by atoms with Crippen LogP contribution in [0, 0.1) is 15.9 Å². The highest BCUT2D eigenvalue weighted by Gasteiger charge is 2.16. The summed E-state index contributed by atoms with van der Waals surface area (Å²) in [5.41, 5.74) is 0.927. The van der Waals surface area contributed by atoms with E-state index in [4.69, 9.17) is 4.74 Å². The second-order valence-electron chi connectivity index (χ2n) is 8.03. The van der Waals surface area contributed by atoms with Crippen LogP contribution in [0.1, 0.15) is 0 Å². The molecule has 0 aliphatic heterocycles. The molecule has 1 amide bonds. The third kappa shape index (κ3) is 4.49. The van der Waals surface area contributed by atoms with E-state index in [9.17, 15) is 24.1 Å². The van der Waals surface area contributed by atoms with E-state index < -0.39 is 16.6 Å². The Bertz CT molecular complexity index is 1640. The highest BCUT2D eigenvalue weighted by molar-refractivity contribution is 5.97. The highest BCUT2D eigenvalue weighted by Crippen LogP contribution is 2.30. The van der Waals surface area contributed by atoms with Gasteiger partial charge in [-0.3, -0.25) is 19.7 Å². The Morgan fingerprint density at radius 1 is 0.889 bits per heavy atom. The Kier molecular flexibility index (Phi) is 5.87. The summed E-state index contributed by atoms with van der Waals surface area (Å²) < 4.78 is 20.5. The van der Waals surface area contributed by atoms with Crippen molar-refractivity contribution >= 4 is 39.1 Å². The molecule has 0 aliphatic carbocycles. The molecule has 4 aromatic carbocycles. The van der Waals surface area contributed by atoms with E-state index in [1.165, 1.54) is 42.5 Å². The zero-order valence-corrected chi connectivity index (χ0v) is 18.7. The molecule has 1 N–H and O–H groups in total. The molecule has 36 heavy (non-hydrogen) atoms. The van der Waals surface area contributed by atoms with Gasteiger partial charge in [-0.25, -0.2) is 4.39 Å². The molecule has 9 heteroatoms. The van der Waals surface area contributed by atoms with Crippen molar-refractivity contribution in [3.8, 4) is 11.5 Å².